The number of nitrogens with one attached hydrogen (secondary N) is 1. The average molecular weight is 213 g/mol. The molecule has 0 aromatic rings. The van der Waals surface area contributed by atoms with Gasteiger partial charge in [0.25, 0.3) is 0 Å². The molecule has 0 amide bonds. The quantitative estimate of drug-likeness (QED) is 0.775. The van der Waals surface area contributed by atoms with Crippen LogP contribution >= 0.6 is 0 Å². The van der Waals surface area contributed by atoms with Crippen LogP contribution in [0.1, 0.15) is 53.4 Å². The highest BCUT2D eigenvalue weighted by molar-refractivity contribution is 4.96. The molecule has 1 fully saturated rings. The van der Waals surface area contributed by atoms with E-state index >= 15 is 0 Å². The van der Waals surface area contributed by atoms with E-state index in [9.17, 15) is 0 Å². The zero-order chi connectivity index (χ0) is 11.5. The Balaban J connectivity index is 2.68. The predicted molar refractivity (Wildman–Crippen MR) is 65.1 cm³/mol. The molecule has 0 bridgehead atoms. The standard InChI is InChI=1S/C13H27NO/c1-6-15-13(11(2)14-5)9-7-12(3,4)8-10-13/h11,14H,6-10H2,1-5H3. The van der Waals surface area contributed by atoms with Gasteiger partial charge in [0, 0.05) is 12.6 Å². The van der Waals surface area contributed by atoms with E-state index in [0.29, 0.717) is 11.5 Å². The zero-order valence-electron chi connectivity index (χ0n) is 11.0. The van der Waals surface area contributed by atoms with Crippen LogP contribution in [-0.2, 0) is 4.74 Å². The van der Waals surface area contributed by atoms with E-state index in [2.05, 4.69) is 33.0 Å². The lowest BCUT2D eigenvalue weighted by molar-refractivity contribution is -0.101. The minimum atomic E-state index is 0.0824. The van der Waals surface area contributed by atoms with E-state index in [1.54, 1.807) is 0 Å². The molecule has 0 saturated heterocycles. The lowest BCUT2D eigenvalue weighted by Crippen LogP contribution is -2.52. The van der Waals surface area contributed by atoms with Gasteiger partial charge in [0.05, 0.1) is 5.60 Å². The van der Waals surface area contributed by atoms with Gasteiger partial charge in [-0.3, -0.25) is 0 Å². The molecular weight excluding hydrogens is 186 g/mol. The van der Waals surface area contributed by atoms with Gasteiger partial charge in [0.2, 0.25) is 0 Å². The van der Waals surface area contributed by atoms with Gasteiger partial charge < -0.3 is 10.1 Å². The number of rotatable bonds is 4. The molecule has 0 heterocycles. The first kappa shape index (κ1) is 13.0. The summed E-state index contributed by atoms with van der Waals surface area (Å²) in [6, 6.07) is 0.452. The zero-order valence-corrected chi connectivity index (χ0v) is 11.0. The van der Waals surface area contributed by atoms with Crippen molar-refractivity contribution in [2.45, 2.75) is 65.0 Å². The summed E-state index contributed by atoms with van der Waals surface area (Å²) in [5, 5.41) is 3.36. The first-order chi connectivity index (χ1) is 6.96. The van der Waals surface area contributed by atoms with Crippen molar-refractivity contribution < 1.29 is 4.74 Å². The van der Waals surface area contributed by atoms with Crippen molar-refractivity contribution in [3.05, 3.63) is 0 Å². The number of hydrogen-bond donors (Lipinski definition) is 1. The molecule has 0 aliphatic heterocycles. The first-order valence-electron chi connectivity index (χ1n) is 6.27. The fourth-order valence-corrected chi connectivity index (χ4v) is 2.60. The largest absolute Gasteiger partial charge is 0.374 e. The van der Waals surface area contributed by atoms with Crippen LogP contribution in [0.15, 0.2) is 0 Å². The van der Waals surface area contributed by atoms with Crippen molar-refractivity contribution in [1.29, 1.82) is 0 Å². The van der Waals surface area contributed by atoms with Gasteiger partial charge in [0.1, 0.15) is 0 Å². The third kappa shape index (κ3) is 2.94. The summed E-state index contributed by atoms with van der Waals surface area (Å²) in [5.74, 6) is 0. The topological polar surface area (TPSA) is 21.3 Å². The Morgan fingerprint density at radius 3 is 2.13 bits per heavy atom. The fraction of sp³-hybridized carbons (Fsp3) is 1.00. The summed E-state index contributed by atoms with van der Waals surface area (Å²) in [7, 11) is 2.03. The van der Waals surface area contributed by atoms with Crippen molar-refractivity contribution in [3.8, 4) is 0 Å². The van der Waals surface area contributed by atoms with Crippen LogP contribution in [0.4, 0.5) is 0 Å². The molecule has 1 N–H and O–H groups in total. The van der Waals surface area contributed by atoms with Crippen molar-refractivity contribution in [2.75, 3.05) is 13.7 Å². The van der Waals surface area contributed by atoms with Crippen LogP contribution < -0.4 is 5.32 Å². The van der Waals surface area contributed by atoms with E-state index in [1.165, 1.54) is 25.7 Å². The molecule has 1 aliphatic rings. The molecule has 2 heteroatoms. The van der Waals surface area contributed by atoms with E-state index in [1.807, 2.05) is 7.05 Å². The normalized spacial score (nSPS) is 26.2. The SMILES string of the molecule is CCOC1(C(C)NC)CCC(C)(C)CC1. The van der Waals surface area contributed by atoms with E-state index in [-0.39, 0.29) is 5.60 Å². The van der Waals surface area contributed by atoms with E-state index < -0.39 is 0 Å². The Morgan fingerprint density at radius 2 is 1.73 bits per heavy atom. The maximum Gasteiger partial charge on any atom is 0.0832 e. The van der Waals surface area contributed by atoms with Gasteiger partial charge >= 0.3 is 0 Å². The third-order valence-corrected chi connectivity index (χ3v) is 4.10. The van der Waals surface area contributed by atoms with Crippen LogP contribution in [0.3, 0.4) is 0 Å². The van der Waals surface area contributed by atoms with Crippen LogP contribution in [0.25, 0.3) is 0 Å². The fourth-order valence-electron chi connectivity index (χ4n) is 2.60. The van der Waals surface area contributed by atoms with E-state index in [0.717, 1.165) is 6.61 Å². The summed E-state index contributed by atoms with van der Waals surface area (Å²) < 4.78 is 6.05. The van der Waals surface area contributed by atoms with Gasteiger partial charge in [-0.15, -0.1) is 0 Å². The van der Waals surface area contributed by atoms with Crippen molar-refractivity contribution in [2.24, 2.45) is 5.41 Å². The first-order valence-corrected chi connectivity index (χ1v) is 6.27. The average Bonchev–Trinajstić information content (AvgIpc) is 2.21. The summed E-state index contributed by atoms with van der Waals surface area (Å²) in [5.41, 5.74) is 0.590. The molecule has 1 rings (SSSR count). The number of ether oxygens (including phenoxy) is 1. The maximum absolute atomic E-state index is 6.05. The smallest absolute Gasteiger partial charge is 0.0832 e. The number of hydrogen-bond acceptors (Lipinski definition) is 2. The molecular formula is C13H27NO. The van der Waals surface area contributed by atoms with Gasteiger partial charge in [-0.05, 0) is 52.0 Å². The molecule has 2 nitrogen and oxygen atoms in total. The van der Waals surface area contributed by atoms with Crippen LogP contribution in [0.5, 0.6) is 0 Å². The highest BCUT2D eigenvalue weighted by Gasteiger charge is 2.42. The van der Waals surface area contributed by atoms with Gasteiger partial charge in [-0.25, -0.2) is 0 Å². The summed E-state index contributed by atoms with van der Waals surface area (Å²) >= 11 is 0. The lowest BCUT2D eigenvalue weighted by atomic mass is 9.68. The Morgan fingerprint density at radius 1 is 1.20 bits per heavy atom. The highest BCUT2D eigenvalue weighted by atomic mass is 16.5. The molecule has 90 valence electrons. The summed E-state index contributed by atoms with van der Waals surface area (Å²) in [4.78, 5) is 0. The molecule has 1 aliphatic carbocycles. The molecule has 15 heavy (non-hydrogen) atoms. The third-order valence-electron chi connectivity index (χ3n) is 4.10. The van der Waals surface area contributed by atoms with Gasteiger partial charge in [-0.2, -0.15) is 0 Å². The Hall–Kier alpha value is -0.0800. The molecule has 1 unspecified atom stereocenters. The molecule has 1 atom stereocenters. The molecule has 0 radical (unpaired) electrons. The number of likely N-dealkylation sites (N-methyl/N-ethyl adjacent to an activating group) is 1. The monoisotopic (exact) mass is 213 g/mol. The Kier molecular flexibility index (Phi) is 4.19. The van der Waals surface area contributed by atoms with Gasteiger partial charge in [0.15, 0.2) is 0 Å². The second kappa shape index (κ2) is 4.84. The molecule has 1 saturated carbocycles. The van der Waals surface area contributed by atoms with Gasteiger partial charge in [-0.1, -0.05) is 13.8 Å². The minimum absolute atomic E-state index is 0.0824. The summed E-state index contributed by atoms with van der Waals surface area (Å²) in [6.07, 6.45) is 4.93. The molecule has 0 spiro atoms. The van der Waals surface area contributed by atoms with Crippen molar-refractivity contribution in [3.63, 3.8) is 0 Å². The predicted octanol–water partition coefficient (Wildman–Crippen LogP) is 2.97. The second-order valence-corrected chi connectivity index (χ2v) is 5.67. The second-order valence-electron chi connectivity index (χ2n) is 5.67. The van der Waals surface area contributed by atoms with Crippen LogP contribution in [-0.4, -0.2) is 25.3 Å². The van der Waals surface area contributed by atoms with Crippen LogP contribution in [0, 0.1) is 5.41 Å². The lowest BCUT2D eigenvalue weighted by Gasteiger charge is -2.46. The van der Waals surface area contributed by atoms with Crippen molar-refractivity contribution in [1.82, 2.24) is 5.32 Å². The minimum Gasteiger partial charge on any atom is -0.374 e. The van der Waals surface area contributed by atoms with Crippen molar-refractivity contribution >= 4 is 0 Å². The molecule has 0 aromatic carbocycles. The Labute approximate surface area is 94.8 Å². The van der Waals surface area contributed by atoms with Crippen LogP contribution in [0.2, 0.25) is 0 Å². The van der Waals surface area contributed by atoms with E-state index in [4.69, 9.17) is 4.74 Å². The summed E-state index contributed by atoms with van der Waals surface area (Å²) in [6.45, 7) is 9.91. The highest BCUT2D eigenvalue weighted by Crippen LogP contribution is 2.43. The molecule has 0 aromatic heterocycles. The Bertz CT molecular complexity index is 191. The maximum atomic E-state index is 6.05.